The Balaban J connectivity index is 2.47. The average Bonchev–Trinajstić information content (AvgIpc) is 2.62. The first-order chi connectivity index (χ1) is 9.31. The van der Waals surface area contributed by atoms with E-state index in [1.807, 2.05) is 0 Å². The summed E-state index contributed by atoms with van der Waals surface area (Å²) in [4.78, 5) is 0. The van der Waals surface area contributed by atoms with Crippen LogP contribution in [0.5, 0.6) is 5.75 Å². The van der Waals surface area contributed by atoms with E-state index in [4.69, 9.17) is 21.1 Å². The summed E-state index contributed by atoms with van der Waals surface area (Å²) in [7, 11) is 1.76. The van der Waals surface area contributed by atoms with E-state index < -0.39 is 0 Å². The summed E-state index contributed by atoms with van der Waals surface area (Å²) in [5.41, 5.74) is 3.89. The number of benzene rings is 1. The van der Waals surface area contributed by atoms with Gasteiger partial charge in [-0.05, 0) is 36.8 Å². The topological polar surface area (TPSA) is 18.5 Å². The van der Waals surface area contributed by atoms with Crippen molar-refractivity contribution in [3.8, 4) is 5.75 Å². The zero-order valence-electron chi connectivity index (χ0n) is 11.9. The molecule has 0 saturated carbocycles. The van der Waals surface area contributed by atoms with Gasteiger partial charge in [-0.15, -0.1) is 11.6 Å². The summed E-state index contributed by atoms with van der Waals surface area (Å²) in [5, 5.41) is 0. The van der Waals surface area contributed by atoms with Crippen LogP contribution in [0, 0.1) is 0 Å². The van der Waals surface area contributed by atoms with Crippen molar-refractivity contribution in [2.75, 3.05) is 19.6 Å². The second kappa shape index (κ2) is 7.16. The van der Waals surface area contributed by atoms with E-state index in [1.165, 1.54) is 16.7 Å². The molecule has 0 amide bonds. The van der Waals surface area contributed by atoms with Gasteiger partial charge in [-0.1, -0.05) is 25.5 Å². The maximum absolute atomic E-state index is 5.98. The maximum Gasteiger partial charge on any atom is 0.128 e. The smallest absolute Gasteiger partial charge is 0.128 e. The van der Waals surface area contributed by atoms with Crippen LogP contribution in [0.4, 0.5) is 0 Å². The number of alkyl halides is 1. The lowest BCUT2D eigenvalue weighted by atomic mass is 9.93. The molecule has 1 aliphatic rings. The monoisotopic (exact) mass is 282 g/mol. The highest BCUT2D eigenvalue weighted by Gasteiger charge is 2.24. The first-order valence-electron chi connectivity index (χ1n) is 7.18. The van der Waals surface area contributed by atoms with Gasteiger partial charge in [0, 0.05) is 18.1 Å². The predicted octanol–water partition coefficient (Wildman–Crippen LogP) is 4.28. The molecule has 1 aliphatic heterocycles. The van der Waals surface area contributed by atoms with E-state index in [-0.39, 0.29) is 6.10 Å². The van der Waals surface area contributed by atoms with Crippen molar-refractivity contribution in [1.82, 2.24) is 0 Å². The number of ether oxygens (including phenoxy) is 2. The minimum absolute atomic E-state index is 0.0850. The fourth-order valence-electron chi connectivity index (χ4n) is 2.86. The number of hydrogen-bond acceptors (Lipinski definition) is 2. The molecular weight excluding hydrogens is 260 g/mol. The van der Waals surface area contributed by atoms with E-state index >= 15 is 0 Å². The molecule has 0 aliphatic carbocycles. The SMILES string of the molecule is CCCc1ccc2c(c1OC)C(CCCl)OCCC2. The molecule has 0 spiro atoms. The predicted molar refractivity (Wildman–Crippen MR) is 79.3 cm³/mol. The van der Waals surface area contributed by atoms with Crippen molar-refractivity contribution in [3.05, 3.63) is 28.8 Å². The van der Waals surface area contributed by atoms with Crippen LogP contribution in [0.15, 0.2) is 12.1 Å². The summed E-state index contributed by atoms with van der Waals surface area (Å²) in [6, 6.07) is 4.46. The van der Waals surface area contributed by atoms with Gasteiger partial charge in [-0.25, -0.2) is 0 Å². The molecule has 1 heterocycles. The van der Waals surface area contributed by atoms with E-state index in [0.717, 1.165) is 44.5 Å². The molecular formula is C16H23ClO2. The van der Waals surface area contributed by atoms with Gasteiger partial charge in [0.15, 0.2) is 0 Å². The molecule has 2 rings (SSSR count). The lowest BCUT2D eigenvalue weighted by Gasteiger charge is -2.22. The molecule has 1 atom stereocenters. The summed E-state index contributed by atoms with van der Waals surface area (Å²) < 4.78 is 11.7. The lowest BCUT2D eigenvalue weighted by Crippen LogP contribution is -2.09. The van der Waals surface area contributed by atoms with Crippen molar-refractivity contribution in [2.24, 2.45) is 0 Å². The number of methoxy groups -OCH3 is 1. The zero-order chi connectivity index (χ0) is 13.7. The van der Waals surface area contributed by atoms with Crippen molar-refractivity contribution in [3.63, 3.8) is 0 Å². The molecule has 0 N–H and O–H groups in total. The van der Waals surface area contributed by atoms with Crippen LogP contribution >= 0.6 is 11.6 Å². The molecule has 0 fully saturated rings. The molecule has 3 heteroatoms. The first kappa shape index (κ1) is 14.7. The Hall–Kier alpha value is -0.730. The second-order valence-electron chi connectivity index (χ2n) is 5.02. The minimum Gasteiger partial charge on any atom is -0.496 e. The Bertz CT molecular complexity index is 417. The maximum atomic E-state index is 5.98. The Labute approximate surface area is 121 Å². The number of halogens is 1. The number of rotatable bonds is 5. The molecule has 1 aromatic rings. The third-order valence-electron chi connectivity index (χ3n) is 3.69. The van der Waals surface area contributed by atoms with Gasteiger partial charge >= 0.3 is 0 Å². The number of fused-ring (bicyclic) bond motifs is 1. The molecule has 1 aromatic carbocycles. The third kappa shape index (κ3) is 3.24. The quantitative estimate of drug-likeness (QED) is 0.751. The van der Waals surface area contributed by atoms with Crippen LogP contribution in [0.25, 0.3) is 0 Å². The molecule has 0 aromatic heterocycles. The summed E-state index contributed by atoms with van der Waals surface area (Å²) in [5.74, 6) is 1.64. The molecule has 19 heavy (non-hydrogen) atoms. The number of hydrogen-bond donors (Lipinski definition) is 0. The van der Waals surface area contributed by atoms with Crippen molar-refractivity contribution >= 4 is 11.6 Å². The molecule has 1 unspecified atom stereocenters. The molecule has 106 valence electrons. The summed E-state index contributed by atoms with van der Waals surface area (Å²) in [6.07, 6.45) is 5.24. The van der Waals surface area contributed by atoms with E-state index in [1.54, 1.807) is 7.11 Å². The first-order valence-corrected chi connectivity index (χ1v) is 7.71. The van der Waals surface area contributed by atoms with Crippen molar-refractivity contribution in [2.45, 2.75) is 45.1 Å². The van der Waals surface area contributed by atoms with Crippen LogP contribution in [0.3, 0.4) is 0 Å². The van der Waals surface area contributed by atoms with Crippen molar-refractivity contribution in [1.29, 1.82) is 0 Å². The third-order valence-corrected chi connectivity index (χ3v) is 3.91. The molecule has 0 radical (unpaired) electrons. The Morgan fingerprint density at radius 3 is 2.95 bits per heavy atom. The van der Waals surface area contributed by atoms with Gasteiger partial charge in [0.05, 0.1) is 13.2 Å². The molecule has 0 bridgehead atoms. The van der Waals surface area contributed by atoms with Gasteiger partial charge in [-0.3, -0.25) is 0 Å². The van der Waals surface area contributed by atoms with Crippen LogP contribution in [-0.2, 0) is 17.6 Å². The molecule has 2 nitrogen and oxygen atoms in total. The summed E-state index contributed by atoms with van der Waals surface area (Å²) in [6.45, 7) is 3.00. The Morgan fingerprint density at radius 1 is 1.42 bits per heavy atom. The van der Waals surface area contributed by atoms with E-state index in [0.29, 0.717) is 5.88 Å². The van der Waals surface area contributed by atoms with Gasteiger partial charge in [0.25, 0.3) is 0 Å². The largest absolute Gasteiger partial charge is 0.496 e. The van der Waals surface area contributed by atoms with Gasteiger partial charge < -0.3 is 9.47 Å². The highest BCUT2D eigenvalue weighted by molar-refractivity contribution is 6.17. The fraction of sp³-hybridized carbons (Fsp3) is 0.625. The van der Waals surface area contributed by atoms with Gasteiger partial charge in [0.2, 0.25) is 0 Å². The lowest BCUT2D eigenvalue weighted by molar-refractivity contribution is 0.0530. The minimum atomic E-state index is 0.0850. The van der Waals surface area contributed by atoms with Crippen molar-refractivity contribution < 1.29 is 9.47 Å². The standard InChI is InChI=1S/C16H23ClO2/c1-3-5-13-8-7-12-6-4-11-19-14(9-10-17)15(12)16(13)18-2/h7-8,14H,3-6,9-11H2,1-2H3. The Kier molecular flexibility index (Phi) is 5.53. The second-order valence-corrected chi connectivity index (χ2v) is 5.40. The number of aryl methyl sites for hydroxylation is 2. The highest BCUT2D eigenvalue weighted by atomic mass is 35.5. The van der Waals surface area contributed by atoms with E-state index in [2.05, 4.69) is 19.1 Å². The normalized spacial score (nSPS) is 18.8. The fourth-order valence-corrected chi connectivity index (χ4v) is 3.06. The van der Waals surface area contributed by atoms with Gasteiger partial charge in [0.1, 0.15) is 5.75 Å². The van der Waals surface area contributed by atoms with Crippen LogP contribution in [0.1, 0.15) is 49.0 Å². The van der Waals surface area contributed by atoms with Gasteiger partial charge in [-0.2, -0.15) is 0 Å². The van der Waals surface area contributed by atoms with Crippen LogP contribution in [0.2, 0.25) is 0 Å². The van der Waals surface area contributed by atoms with Crippen LogP contribution < -0.4 is 4.74 Å². The molecule has 0 saturated heterocycles. The average molecular weight is 283 g/mol. The zero-order valence-corrected chi connectivity index (χ0v) is 12.6. The Morgan fingerprint density at radius 2 is 2.26 bits per heavy atom. The summed E-state index contributed by atoms with van der Waals surface area (Å²) >= 11 is 5.93. The van der Waals surface area contributed by atoms with Crippen LogP contribution in [-0.4, -0.2) is 19.6 Å². The van der Waals surface area contributed by atoms with E-state index in [9.17, 15) is 0 Å². The highest BCUT2D eigenvalue weighted by Crippen LogP contribution is 2.39.